The van der Waals surface area contributed by atoms with Gasteiger partial charge < -0.3 is 4.90 Å². The number of para-hydroxylation sites is 1. The first kappa shape index (κ1) is 10.6. The highest BCUT2D eigenvalue weighted by Gasteiger charge is 2.04. The van der Waals surface area contributed by atoms with E-state index in [0.29, 0.717) is 5.69 Å². The lowest BCUT2D eigenvalue weighted by Gasteiger charge is -2.18. The number of rotatable bonds is 3. The molecular weight excluding hydrogens is 203 g/mol. The molecule has 3 heteroatoms. The molecule has 1 heterocycles. The van der Waals surface area contributed by atoms with Crippen LogP contribution in [0.1, 0.15) is 5.69 Å². The maximum atomic E-state index is 12.5. The highest BCUT2D eigenvalue weighted by atomic mass is 19.1. The molecule has 0 unspecified atom stereocenters. The van der Waals surface area contributed by atoms with Gasteiger partial charge in [-0.15, -0.1) is 0 Å². The summed E-state index contributed by atoms with van der Waals surface area (Å²) in [6, 6.07) is 15.2. The zero-order valence-electron chi connectivity index (χ0n) is 9.10. The van der Waals surface area contributed by atoms with Crippen molar-refractivity contribution < 1.29 is 4.39 Å². The fourth-order valence-corrected chi connectivity index (χ4v) is 1.51. The van der Waals surface area contributed by atoms with Gasteiger partial charge in [0.15, 0.2) is 0 Å². The predicted octanol–water partition coefficient (Wildman–Crippen LogP) is 3.32. The topological polar surface area (TPSA) is 16.1 Å². The van der Waals surface area contributed by atoms with Crippen LogP contribution in [0.25, 0.3) is 0 Å². The highest BCUT2D eigenvalue weighted by molar-refractivity contribution is 5.58. The number of hydrogen-bond donors (Lipinski definition) is 0. The molecule has 1 aromatic heterocycles. The summed E-state index contributed by atoms with van der Waals surface area (Å²) in [5.41, 5.74) is 1.49. The Hall–Kier alpha value is -1.90. The van der Waals surface area contributed by atoms with Crippen molar-refractivity contribution in [2.45, 2.75) is 6.67 Å². The molecule has 2 rings (SSSR count). The van der Waals surface area contributed by atoms with Crippen LogP contribution in [0.3, 0.4) is 0 Å². The van der Waals surface area contributed by atoms with Crippen molar-refractivity contribution in [3.63, 3.8) is 0 Å². The van der Waals surface area contributed by atoms with E-state index in [0.717, 1.165) is 11.5 Å². The molecule has 0 spiro atoms. The number of nitrogens with zero attached hydrogens (tertiary/aromatic N) is 2. The molecule has 0 N–H and O–H groups in total. The zero-order chi connectivity index (χ0) is 11.4. The summed E-state index contributed by atoms with van der Waals surface area (Å²) in [5.74, 6) is 0.751. The van der Waals surface area contributed by atoms with Crippen LogP contribution in [-0.2, 0) is 6.67 Å². The molecule has 0 saturated carbocycles. The van der Waals surface area contributed by atoms with E-state index >= 15 is 0 Å². The van der Waals surface area contributed by atoms with Crippen LogP contribution >= 0.6 is 0 Å². The minimum Gasteiger partial charge on any atom is -0.329 e. The molecule has 0 fully saturated rings. The second-order valence-electron chi connectivity index (χ2n) is 3.52. The summed E-state index contributed by atoms with van der Waals surface area (Å²) in [6.45, 7) is -0.531. The third-order valence-electron chi connectivity index (χ3n) is 2.42. The van der Waals surface area contributed by atoms with E-state index in [1.807, 2.05) is 54.4 Å². The Labute approximate surface area is 94.4 Å². The molecule has 0 bridgehead atoms. The van der Waals surface area contributed by atoms with Gasteiger partial charge in [0.2, 0.25) is 0 Å². The van der Waals surface area contributed by atoms with Crippen LogP contribution in [0.2, 0.25) is 0 Å². The van der Waals surface area contributed by atoms with Crippen molar-refractivity contribution in [2.75, 3.05) is 11.9 Å². The van der Waals surface area contributed by atoms with E-state index in [1.165, 1.54) is 0 Å². The standard InChI is InChI=1S/C13H13FN2/c1-16(12-7-3-2-4-8-12)13-9-5-6-11(10-14)15-13/h2-9H,10H2,1H3. The zero-order valence-corrected chi connectivity index (χ0v) is 9.10. The van der Waals surface area contributed by atoms with Gasteiger partial charge in [0.05, 0.1) is 5.69 Å². The summed E-state index contributed by atoms with van der Waals surface area (Å²) in [4.78, 5) is 6.15. The largest absolute Gasteiger partial charge is 0.329 e. The van der Waals surface area contributed by atoms with E-state index < -0.39 is 6.67 Å². The number of benzene rings is 1. The molecule has 0 aliphatic heterocycles. The first-order valence-corrected chi connectivity index (χ1v) is 5.12. The van der Waals surface area contributed by atoms with Crippen LogP contribution in [0.5, 0.6) is 0 Å². The number of alkyl halides is 1. The van der Waals surface area contributed by atoms with Gasteiger partial charge in [-0.25, -0.2) is 9.37 Å². The van der Waals surface area contributed by atoms with Crippen molar-refractivity contribution in [3.05, 3.63) is 54.2 Å². The Morgan fingerprint density at radius 3 is 2.50 bits per heavy atom. The van der Waals surface area contributed by atoms with Gasteiger partial charge in [-0.3, -0.25) is 0 Å². The second-order valence-corrected chi connectivity index (χ2v) is 3.52. The number of halogens is 1. The maximum Gasteiger partial charge on any atom is 0.133 e. The second kappa shape index (κ2) is 4.75. The van der Waals surface area contributed by atoms with E-state index in [2.05, 4.69) is 4.98 Å². The Bertz CT molecular complexity index is 456. The lowest BCUT2D eigenvalue weighted by atomic mass is 10.3. The average Bonchev–Trinajstić information content (AvgIpc) is 2.39. The fraction of sp³-hybridized carbons (Fsp3) is 0.154. The summed E-state index contributed by atoms with van der Waals surface area (Å²) in [5, 5.41) is 0. The molecule has 0 aliphatic rings. The number of aromatic nitrogens is 1. The molecule has 0 radical (unpaired) electrons. The Balaban J connectivity index is 2.30. The van der Waals surface area contributed by atoms with Crippen molar-refractivity contribution in [1.29, 1.82) is 0 Å². The van der Waals surface area contributed by atoms with Gasteiger partial charge in [-0.2, -0.15) is 0 Å². The van der Waals surface area contributed by atoms with Gasteiger partial charge in [-0.05, 0) is 24.3 Å². The predicted molar refractivity (Wildman–Crippen MR) is 63.6 cm³/mol. The van der Waals surface area contributed by atoms with E-state index in [1.54, 1.807) is 6.07 Å². The maximum absolute atomic E-state index is 12.5. The first-order valence-electron chi connectivity index (χ1n) is 5.12. The lowest BCUT2D eigenvalue weighted by Crippen LogP contribution is -2.11. The highest BCUT2D eigenvalue weighted by Crippen LogP contribution is 2.21. The van der Waals surface area contributed by atoms with Crippen LogP contribution in [0.15, 0.2) is 48.5 Å². The third kappa shape index (κ3) is 2.19. The minimum absolute atomic E-state index is 0.459. The van der Waals surface area contributed by atoms with Crippen molar-refractivity contribution >= 4 is 11.5 Å². The van der Waals surface area contributed by atoms with Crippen LogP contribution < -0.4 is 4.90 Å². The molecule has 2 aromatic rings. The number of hydrogen-bond acceptors (Lipinski definition) is 2. The summed E-state index contributed by atoms with van der Waals surface area (Å²) < 4.78 is 12.5. The van der Waals surface area contributed by atoms with Crippen molar-refractivity contribution in [2.24, 2.45) is 0 Å². The average molecular weight is 216 g/mol. The number of anilines is 2. The van der Waals surface area contributed by atoms with Crippen LogP contribution in [0, 0.1) is 0 Å². The Morgan fingerprint density at radius 1 is 1.06 bits per heavy atom. The SMILES string of the molecule is CN(c1ccccc1)c1cccc(CF)n1. The molecule has 82 valence electrons. The van der Waals surface area contributed by atoms with Crippen molar-refractivity contribution in [1.82, 2.24) is 4.98 Å². The van der Waals surface area contributed by atoms with Gasteiger partial charge >= 0.3 is 0 Å². The smallest absolute Gasteiger partial charge is 0.133 e. The van der Waals surface area contributed by atoms with Gasteiger partial charge in [0.25, 0.3) is 0 Å². The van der Waals surface area contributed by atoms with E-state index in [9.17, 15) is 4.39 Å². The quantitative estimate of drug-likeness (QED) is 0.782. The Kier molecular flexibility index (Phi) is 3.15. The monoisotopic (exact) mass is 216 g/mol. The Morgan fingerprint density at radius 2 is 1.81 bits per heavy atom. The molecule has 2 nitrogen and oxygen atoms in total. The fourth-order valence-electron chi connectivity index (χ4n) is 1.51. The summed E-state index contributed by atoms with van der Waals surface area (Å²) in [7, 11) is 1.92. The van der Waals surface area contributed by atoms with Crippen molar-refractivity contribution in [3.8, 4) is 0 Å². The third-order valence-corrected chi connectivity index (χ3v) is 2.42. The van der Waals surface area contributed by atoms with Gasteiger partial charge in [0.1, 0.15) is 12.5 Å². The van der Waals surface area contributed by atoms with Gasteiger partial charge in [0, 0.05) is 12.7 Å². The van der Waals surface area contributed by atoms with E-state index in [4.69, 9.17) is 0 Å². The molecule has 1 aromatic carbocycles. The summed E-state index contributed by atoms with van der Waals surface area (Å²) >= 11 is 0. The lowest BCUT2D eigenvalue weighted by molar-refractivity contribution is 0.476. The molecular formula is C13H13FN2. The molecule has 16 heavy (non-hydrogen) atoms. The number of pyridine rings is 1. The molecule has 0 amide bonds. The van der Waals surface area contributed by atoms with Crippen LogP contribution in [-0.4, -0.2) is 12.0 Å². The molecule has 0 saturated heterocycles. The first-order chi connectivity index (χ1) is 7.81. The van der Waals surface area contributed by atoms with E-state index in [-0.39, 0.29) is 0 Å². The minimum atomic E-state index is -0.531. The normalized spacial score (nSPS) is 10.1. The van der Waals surface area contributed by atoms with Gasteiger partial charge in [-0.1, -0.05) is 24.3 Å². The summed E-state index contributed by atoms with van der Waals surface area (Å²) in [6.07, 6.45) is 0. The molecule has 0 aliphatic carbocycles. The van der Waals surface area contributed by atoms with Crippen LogP contribution in [0.4, 0.5) is 15.9 Å². The molecule has 0 atom stereocenters.